The number of aliphatic hydroxyl groups is 1. The largest absolute Gasteiger partial charge is 0.465 e. The zero-order valence-corrected chi connectivity index (χ0v) is 32.5. The van der Waals surface area contributed by atoms with Gasteiger partial charge < -0.3 is 19.3 Å². The summed E-state index contributed by atoms with van der Waals surface area (Å²) in [6, 6.07) is 8.75. The van der Waals surface area contributed by atoms with Crippen LogP contribution in [0.2, 0.25) is 0 Å². The summed E-state index contributed by atoms with van der Waals surface area (Å²) in [5.41, 5.74) is 1.64. The molecule has 0 aliphatic carbocycles. The van der Waals surface area contributed by atoms with Crippen molar-refractivity contribution in [3.05, 3.63) is 54.6 Å². The molecule has 0 amide bonds. The highest BCUT2D eigenvalue weighted by atomic mass is 32.2. The topological polar surface area (TPSA) is 99.1 Å². The smallest absolute Gasteiger partial charge is 0.311 e. The van der Waals surface area contributed by atoms with Crippen LogP contribution in [-0.2, 0) is 28.8 Å². The molecule has 49 heavy (non-hydrogen) atoms. The highest BCUT2D eigenvalue weighted by Gasteiger charge is 2.44. The molecule has 2 unspecified atom stereocenters. The van der Waals surface area contributed by atoms with Crippen LogP contribution in [0.5, 0.6) is 0 Å². The highest BCUT2D eigenvalue weighted by Crippen LogP contribution is 2.42. The second-order valence-corrected chi connectivity index (χ2v) is 18.3. The second kappa shape index (κ2) is 18.5. The summed E-state index contributed by atoms with van der Waals surface area (Å²) in [6.45, 7) is 25.5. The molecule has 8 heteroatoms. The molecule has 7 nitrogen and oxygen atoms in total. The van der Waals surface area contributed by atoms with E-state index in [2.05, 4.69) is 47.8 Å². The normalized spacial score (nSPS) is 27.1. The minimum absolute atomic E-state index is 0.0359. The van der Waals surface area contributed by atoms with E-state index in [0.717, 1.165) is 43.3 Å². The Morgan fingerprint density at radius 3 is 2.35 bits per heavy atom. The first kappa shape index (κ1) is 41.4. The zero-order chi connectivity index (χ0) is 36.5. The van der Waals surface area contributed by atoms with Crippen LogP contribution < -0.4 is 0 Å². The maximum absolute atomic E-state index is 13.5. The lowest BCUT2D eigenvalue weighted by Gasteiger charge is -2.28. The van der Waals surface area contributed by atoms with Crippen molar-refractivity contribution in [1.29, 1.82) is 0 Å². The molecule has 1 aromatic carbocycles. The van der Waals surface area contributed by atoms with E-state index in [-0.39, 0.29) is 59.8 Å². The Morgan fingerprint density at radius 1 is 1.04 bits per heavy atom. The molecule has 0 radical (unpaired) electrons. The van der Waals surface area contributed by atoms with E-state index in [0.29, 0.717) is 43.1 Å². The van der Waals surface area contributed by atoms with Crippen molar-refractivity contribution in [2.45, 2.75) is 149 Å². The molecule has 1 N–H and O–H groups in total. The number of hydrogen-bond donors (Lipinski definition) is 1. The summed E-state index contributed by atoms with van der Waals surface area (Å²) in [6.07, 6.45) is 6.38. The van der Waals surface area contributed by atoms with E-state index in [4.69, 9.17) is 14.2 Å². The van der Waals surface area contributed by atoms with Gasteiger partial charge in [0.05, 0.1) is 53.2 Å². The van der Waals surface area contributed by atoms with Crippen LogP contribution in [0, 0.1) is 35.0 Å². The minimum atomic E-state index is -3.46. The van der Waals surface area contributed by atoms with Crippen LogP contribution >= 0.6 is 0 Å². The third-order valence-corrected chi connectivity index (χ3v) is 12.8. The van der Waals surface area contributed by atoms with Crippen LogP contribution in [0.3, 0.4) is 0 Å². The Balaban J connectivity index is 1.50. The summed E-state index contributed by atoms with van der Waals surface area (Å²) in [5, 5.41) is 11.0. The standard InChI is InChI=1S/C41H66O7S/c1-11-27(2)22-38-32(7)36(26-49(44,45)35-17-13-12-14-18-35)39(48-38)25-29(4)31(6)28(3)23-33(42)19-20-37-30(5)24-34(47-37)16-15-21-46-40(43)41(8,9)10/h12-14,17-18,27-29,32-34,36-39,42H,5-6,11,15-16,19-26H2,1-4,7-10H3/t27-,28-,29-,32-,33-,34+,36-,37?,38?,39+/m1/s1. The van der Waals surface area contributed by atoms with Crippen molar-refractivity contribution in [3.63, 3.8) is 0 Å². The quantitative estimate of drug-likeness (QED) is 0.0875. The van der Waals surface area contributed by atoms with Crippen molar-refractivity contribution >= 4 is 15.8 Å². The van der Waals surface area contributed by atoms with E-state index in [9.17, 15) is 18.3 Å². The average molecular weight is 703 g/mol. The summed E-state index contributed by atoms with van der Waals surface area (Å²) in [4.78, 5) is 12.4. The van der Waals surface area contributed by atoms with Crippen LogP contribution in [0.4, 0.5) is 0 Å². The van der Waals surface area contributed by atoms with Crippen LogP contribution in [0.25, 0.3) is 0 Å². The third kappa shape index (κ3) is 12.3. The van der Waals surface area contributed by atoms with Gasteiger partial charge in [-0.1, -0.05) is 78.0 Å². The monoisotopic (exact) mass is 702 g/mol. The van der Waals surface area contributed by atoms with Gasteiger partial charge in [-0.25, -0.2) is 8.42 Å². The maximum Gasteiger partial charge on any atom is 0.311 e. The molecule has 2 fully saturated rings. The molecule has 2 aliphatic rings. The molecule has 278 valence electrons. The minimum Gasteiger partial charge on any atom is -0.465 e. The number of hydrogen-bond acceptors (Lipinski definition) is 7. The van der Waals surface area contributed by atoms with Crippen molar-refractivity contribution < 1.29 is 32.5 Å². The first-order valence-corrected chi connectivity index (χ1v) is 20.4. The number of aliphatic hydroxyl groups excluding tert-OH is 1. The molecule has 1 aromatic rings. The predicted molar refractivity (Wildman–Crippen MR) is 198 cm³/mol. The molecule has 0 saturated carbocycles. The maximum atomic E-state index is 13.5. The summed E-state index contributed by atoms with van der Waals surface area (Å²) < 4.78 is 45.3. The number of ether oxygens (including phenoxy) is 3. The highest BCUT2D eigenvalue weighted by molar-refractivity contribution is 7.91. The Morgan fingerprint density at radius 2 is 1.71 bits per heavy atom. The summed E-state index contributed by atoms with van der Waals surface area (Å²) in [7, 11) is -3.46. The van der Waals surface area contributed by atoms with Gasteiger partial charge >= 0.3 is 5.97 Å². The van der Waals surface area contributed by atoms with Gasteiger partial charge in [-0.2, -0.15) is 0 Å². The number of benzene rings is 1. The van der Waals surface area contributed by atoms with E-state index >= 15 is 0 Å². The fraction of sp³-hybridized carbons (Fsp3) is 0.732. The zero-order valence-electron chi connectivity index (χ0n) is 31.7. The van der Waals surface area contributed by atoms with Gasteiger partial charge in [0.1, 0.15) is 0 Å². The lowest BCUT2D eigenvalue weighted by molar-refractivity contribution is -0.153. The van der Waals surface area contributed by atoms with E-state index < -0.39 is 21.4 Å². The lowest BCUT2D eigenvalue weighted by Crippen LogP contribution is -2.30. The Hall–Kier alpha value is -2.00. The molecule has 0 spiro atoms. The molecular weight excluding hydrogens is 637 g/mol. The van der Waals surface area contributed by atoms with Crippen LogP contribution in [0.1, 0.15) is 113 Å². The molecule has 0 aromatic heterocycles. The van der Waals surface area contributed by atoms with Crippen molar-refractivity contribution in [2.75, 3.05) is 12.4 Å². The molecular formula is C41H66O7S. The molecule has 0 bridgehead atoms. The van der Waals surface area contributed by atoms with Crippen molar-refractivity contribution in [3.8, 4) is 0 Å². The fourth-order valence-electron chi connectivity index (χ4n) is 7.31. The molecule has 2 aliphatic heterocycles. The van der Waals surface area contributed by atoms with E-state index in [1.807, 2.05) is 26.8 Å². The molecule has 2 saturated heterocycles. The van der Waals surface area contributed by atoms with Gasteiger partial charge in [0, 0.05) is 5.92 Å². The van der Waals surface area contributed by atoms with E-state index in [1.54, 1.807) is 24.3 Å². The SMILES string of the molecule is C=C1C[C@H](CCCOC(=O)C(C)(C)C)OC1CC[C@@H](O)C[C@@H](C)C(=C)[C@H](C)C[C@@H]1OC(C[C@H](C)CC)[C@H](C)[C@H]1CS(=O)(=O)c1ccccc1. The number of sulfone groups is 1. The number of carbonyl (C=O) groups excluding carboxylic acids is 1. The lowest BCUT2D eigenvalue weighted by atomic mass is 9.80. The molecule has 3 rings (SSSR count). The van der Waals surface area contributed by atoms with Gasteiger partial charge in [0.15, 0.2) is 9.84 Å². The average Bonchev–Trinajstić information content (AvgIpc) is 3.54. The first-order chi connectivity index (χ1) is 22.9. The predicted octanol–water partition coefficient (Wildman–Crippen LogP) is 8.75. The van der Waals surface area contributed by atoms with Gasteiger partial charge in [-0.15, -0.1) is 0 Å². The first-order valence-electron chi connectivity index (χ1n) is 18.7. The Kier molecular flexibility index (Phi) is 15.6. The Labute approximate surface area is 298 Å². The van der Waals surface area contributed by atoms with Crippen LogP contribution in [0.15, 0.2) is 59.5 Å². The molecule has 2 heterocycles. The number of rotatable bonds is 19. The van der Waals surface area contributed by atoms with Crippen molar-refractivity contribution in [1.82, 2.24) is 0 Å². The third-order valence-electron chi connectivity index (χ3n) is 11.0. The second-order valence-electron chi connectivity index (χ2n) is 16.3. The number of carbonyl (C=O) groups is 1. The number of esters is 1. The van der Waals surface area contributed by atoms with Crippen molar-refractivity contribution in [2.24, 2.45) is 35.0 Å². The van der Waals surface area contributed by atoms with Gasteiger partial charge in [0.25, 0.3) is 0 Å². The Bertz CT molecular complexity index is 1320. The van der Waals surface area contributed by atoms with Crippen LogP contribution in [-0.4, -0.2) is 62.4 Å². The summed E-state index contributed by atoms with van der Waals surface area (Å²) >= 11 is 0. The number of allylic oxidation sites excluding steroid dienone is 1. The van der Waals surface area contributed by atoms with E-state index in [1.165, 1.54) is 0 Å². The fourth-order valence-corrected chi connectivity index (χ4v) is 9.09. The summed E-state index contributed by atoms with van der Waals surface area (Å²) in [5.74, 6) is 0.648. The van der Waals surface area contributed by atoms with Gasteiger partial charge in [0.2, 0.25) is 0 Å². The van der Waals surface area contributed by atoms with Gasteiger partial charge in [-0.05, 0) is 114 Å². The van der Waals surface area contributed by atoms with Gasteiger partial charge in [-0.3, -0.25) is 4.79 Å². The molecule has 10 atom stereocenters.